The Hall–Kier alpha value is -0.820. The Morgan fingerprint density at radius 3 is 2.40 bits per heavy atom. The topological polar surface area (TPSA) is 12.0 Å². The largest absolute Gasteiger partial charge is 0.320 e. The summed E-state index contributed by atoms with van der Waals surface area (Å²) in [6.45, 7) is 7.79. The van der Waals surface area contributed by atoms with Gasteiger partial charge in [0.1, 0.15) is 0 Å². The molecule has 0 radical (unpaired) electrons. The monoisotopic (exact) mass is 205 g/mol. The molecule has 0 unspecified atom stereocenters. The van der Waals surface area contributed by atoms with Gasteiger partial charge in [-0.3, -0.25) is 0 Å². The second-order valence-electron chi connectivity index (χ2n) is 4.35. The van der Waals surface area contributed by atoms with Crippen molar-refractivity contribution in [2.75, 3.05) is 13.6 Å². The molecule has 0 spiro atoms. The van der Waals surface area contributed by atoms with Crippen molar-refractivity contribution < 1.29 is 0 Å². The highest BCUT2D eigenvalue weighted by Crippen LogP contribution is 2.18. The Balaban J connectivity index is 2.58. The van der Waals surface area contributed by atoms with Gasteiger partial charge in [0, 0.05) is 0 Å². The summed E-state index contributed by atoms with van der Waals surface area (Å²) in [7, 11) is 2.02. The van der Waals surface area contributed by atoms with E-state index in [-0.39, 0.29) is 0 Å². The van der Waals surface area contributed by atoms with Gasteiger partial charge in [0.2, 0.25) is 0 Å². The summed E-state index contributed by atoms with van der Waals surface area (Å²) in [6.07, 6.45) is 3.77. The van der Waals surface area contributed by atoms with Crippen molar-refractivity contribution in [2.45, 2.75) is 40.0 Å². The molecule has 0 saturated carbocycles. The van der Waals surface area contributed by atoms with E-state index < -0.39 is 0 Å². The van der Waals surface area contributed by atoms with Crippen LogP contribution < -0.4 is 5.32 Å². The molecule has 0 aliphatic rings. The molecule has 1 aromatic carbocycles. The maximum Gasteiger partial charge on any atom is -0.00518 e. The molecule has 0 atom stereocenters. The van der Waals surface area contributed by atoms with Crippen LogP contribution in [-0.4, -0.2) is 13.6 Å². The molecule has 0 aliphatic carbocycles. The van der Waals surface area contributed by atoms with E-state index in [0.29, 0.717) is 0 Å². The van der Waals surface area contributed by atoms with Crippen LogP contribution >= 0.6 is 0 Å². The highest BCUT2D eigenvalue weighted by molar-refractivity contribution is 5.38. The number of benzene rings is 1. The molecule has 1 N–H and O–H groups in total. The Morgan fingerprint density at radius 2 is 1.73 bits per heavy atom. The smallest absolute Gasteiger partial charge is 0.00518 e. The highest BCUT2D eigenvalue weighted by Gasteiger charge is 2.02. The van der Waals surface area contributed by atoms with Gasteiger partial charge in [-0.15, -0.1) is 0 Å². The minimum absolute atomic E-state index is 1.13. The summed E-state index contributed by atoms with van der Waals surface area (Å²) in [6, 6.07) is 4.53. The average molecular weight is 205 g/mol. The van der Waals surface area contributed by atoms with E-state index in [4.69, 9.17) is 0 Å². The Bertz CT molecular complexity index is 315. The second kappa shape index (κ2) is 5.92. The summed E-state index contributed by atoms with van der Waals surface area (Å²) < 4.78 is 0. The summed E-state index contributed by atoms with van der Waals surface area (Å²) in [5.41, 5.74) is 5.88. The third-order valence-electron chi connectivity index (χ3n) is 3.29. The molecule has 0 saturated heterocycles. The third-order valence-corrected chi connectivity index (χ3v) is 3.29. The van der Waals surface area contributed by atoms with E-state index >= 15 is 0 Å². The second-order valence-corrected chi connectivity index (χ2v) is 4.35. The van der Waals surface area contributed by atoms with Crippen molar-refractivity contribution in [3.8, 4) is 0 Å². The van der Waals surface area contributed by atoms with Crippen molar-refractivity contribution in [2.24, 2.45) is 0 Å². The first-order valence-electron chi connectivity index (χ1n) is 5.87. The van der Waals surface area contributed by atoms with E-state index in [2.05, 4.69) is 38.2 Å². The highest BCUT2D eigenvalue weighted by atomic mass is 14.8. The van der Waals surface area contributed by atoms with Gasteiger partial charge in [0.05, 0.1) is 0 Å². The molecule has 0 aromatic heterocycles. The van der Waals surface area contributed by atoms with Gasteiger partial charge in [-0.05, 0) is 75.9 Å². The third kappa shape index (κ3) is 3.35. The fraction of sp³-hybridized carbons (Fsp3) is 0.571. The van der Waals surface area contributed by atoms with Gasteiger partial charge in [-0.25, -0.2) is 0 Å². The number of nitrogens with one attached hydrogen (secondary N) is 1. The van der Waals surface area contributed by atoms with Crippen LogP contribution in [0.5, 0.6) is 0 Å². The summed E-state index contributed by atoms with van der Waals surface area (Å²) in [5.74, 6) is 0. The molecule has 1 nitrogen and oxygen atoms in total. The lowest BCUT2D eigenvalue weighted by Crippen LogP contribution is -2.07. The molecule has 1 rings (SSSR count). The van der Waals surface area contributed by atoms with Crippen LogP contribution in [0.4, 0.5) is 0 Å². The fourth-order valence-electron chi connectivity index (χ4n) is 1.90. The quantitative estimate of drug-likeness (QED) is 0.728. The van der Waals surface area contributed by atoms with Gasteiger partial charge in [0.15, 0.2) is 0 Å². The molecule has 0 heterocycles. The standard InChI is InChI=1S/C14H23N/c1-11-8-9-14(13(3)12(11)2)7-5-6-10-15-4/h8-9,15H,5-7,10H2,1-4H3. The number of rotatable bonds is 5. The van der Waals surface area contributed by atoms with Gasteiger partial charge in [-0.1, -0.05) is 12.1 Å². The van der Waals surface area contributed by atoms with E-state index in [0.717, 1.165) is 6.54 Å². The molecule has 84 valence electrons. The lowest BCUT2D eigenvalue weighted by molar-refractivity contribution is 0.675. The SMILES string of the molecule is CNCCCCc1ccc(C)c(C)c1C. The first-order valence-corrected chi connectivity index (χ1v) is 5.87. The summed E-state index contributed by atoms with van der Waals surface area (Å²) in [4.78, 5) is 0. The Labute approximate surface area is 93.9 Å². The van der Waals surface area contributed by atoms with Crippen LogP contribution in [0.3, 0.4) is 0 Å². The number of aryl methyl sites for hydroxylation is 2. The van der Waals surface area contributed by atoms with Crippen LogP contribution in [0, 0.1) is 20.8 Å². The molecule has 0 aliphatic heterocycles. The van der Waals surface area contributed by atoms with Crippen molar-refractivity contribution in [1.29, 1.82) is 0 Å². The van der Waals surface area contributed by atoms with E-state index in [1.54, 1.807) is 0 Å². The lowest BCUT2D eigenvalue weighted by atomic mass is 9.96. The Morgan fingerprint density at radius 1 is 1.00 bits per heavy atom. The fourth-order valence-corrected chi connectivity index (χ4v) is 1.90. The van der Waals surface area contributed by atoms with Crippen molar-refractivity contribution in [3.05, 3.63) is 34.4 Å². The van der Waals surface area contributed by atoms with Gasteiger partial charge in [-0.2, -0.15) is 0 Å². The molecule has 1 heteroatoms. The summed E-state index contributed by atoms with van der Waals surface area (Å²) >= 11 is 0. The van der Waals surface area contributed by atoms with Gasteiger partial charge >= 0.3 is 0 Å². The minimum atomic E-state index is 1.13. The lowest BCUT2D eigenvalue weighted by Gasteiger charge is -2.11. The number of hydrogen-bond acceptors (Lipinski definition) is 1. The van der Waals surface area contributed by atoms with Gasteiger partial charge in [0.25, 0.3) is 0 Å². The van der Waals surface area contributed by atoms with Crippen LogP contribution in [0.15, 0.2) is 12.1 Å². The van der Waals surface area contributed by atoms with E-state index in [9.17, 15) is 0 Å². The number of unbranched alkanes of at least 4 members (excludes halogenated alkanes) is 1. The van der Waals surface area contributed by atoms with Crippen LogP contribution in [0.25, 0.3) is 0 Å². The molecule has 0 fully saturated rings. The van der Waals surface area contributed by atoms with Gasteiger partial charge < -0.3 is 5.32 Å². The van der Waals surface area contributed by atoms with Crippen LogP contribution in [0.1, 0.15) is 35.1 Å². The van der Waals surface area contributed by atoms with Crippen LogP contribution in [-0.2, 0) is 6.42 Å². The Kier molecular flexibility index (Phi) is 4.83. The normalized spacial score (nSPS) is 10.7. The maximum atomic E-state index is 3.19. The zero-order chi connectivity index (χ0) is 11.3. The van der Waals surface area contributed by atoms with E-state index in [1.165, 1.54) is 41.5 Å². The van der Waals surface area contributed by atoms with E-state index in [1.807, 2.05) is 7.05 Å². The van der Waals surface area contributed by atoms with Crippen molar-refractivity contribution in [1.82, 2.24) is 5.32 Å². The predicted molar refractivity (Wildman–Crippen MR) is 67.5 cm³/mol. The molecule has 15 heavy (non-hydrogen) atoms. The number of hydrogen-bond donors (Lipinski definition) is 1. The molecule has 0 amide bonds. The molecular formula is C14H23N. The predicted octanol–water partition coefficient (Wildman–Crippen LogP) is 3.15. The first kappa shape index (κ1) is 12.3. The molecular weight excluding hydrogens is 182 g/mol. The van der Waals surface area contributed by atoms with Crippen molar-refractivity contribution in [3.63, 3.8) is 0 Å². The minimum Gasteiger partial charge on any atom is -0.320 e. The van der Waals surface area contributed by atoms with Crippen LogP contribution in [0.2, 0.25) is 0 Å². The maximum absolute atomic E-state index is 3.19. The van der Waals surface area contributed by atoms with Crippen molar-refractivity contribution >= 4 is 0 Å². The molecule has 0 bridgehead atoms. The zero-order valence-corrected chi connectivity index (χ0v) is 10.5. The zero-order valence-electron chi connectivity index (χ0n) is 10.5. The first-order chi connectivity index (χ1) is 7.16. The molecule has 1 aromatic rings. The summed E-state index contributed by atoms with van der Waals surface area (Å²) in [5, 5.41) is 3.19. The average Bonchev–Trinajstić information content (AvgIpc) is 2.24.